The van der Waals surface area contributed by atoms with Crippen LogP contribution in [-0.2, 0) is 13.2 Å². The molecule has 0 aliphatic carbocycles. The standard InChI is InChI=1S/C17H17ClN4O3S/c1-10(2)17-21-12(9-26-17)6-20-16(23)15-4-14(25-22-15)8-24-13-3-11(18)5-19-7-13/h3-5,7,9-10H,6,8H2,1-2H3,(H,20,23). The Bertz CT molecular complexity index is 894. The first-order valence-electron chi connectivity index (χ1n) is 7.92. The van der Waals surface area contributed by atoms with Gasteiger partial charge in [-0.2, -0.15) is 0 Å². The first-order valence-corrected chi connectivity index (χ1v) is 9.18. The van der Waals surface area contributed by atoms with Crippen LogP contribution < -0.4 is 10.1 Å². The van der Waals surface area contributed by atoms with Gasteiger partial charge >= 0.3 is 0 Å². The fraction of sp³-hybridized carbons (Fsp3) is 0.294. The molecule has 0 saturated carbocycles. The first-order chi connectivity index (χ1) is 12.5. The van der Waals surface area contributed by atoms with E-state index in [0.717, 1.165) is 10.7 Å². The van der Waals surface area contributed by atoms with Crippen molar-refractivity contribution in [2.45, 2.75) is 32.9 Å². The molecule has 3 rings (SSSR count). The van der Waals surface area contributed by atoms with Crippen molar-refractivity contribution in [2.75, 3.05) is 0 Å². The van der Waals surface area contributed by atoms with Crippen LogP contribution in [0.1, 0.15) is 46.7 Å². The van der Waals surface area contributed by atoms with E-state index >= 15 is 0 Å². The predicted octanol–water partition coefficient (Wildman–Crippen LogP) is 3.81. The molecular weight excluding hydrogens is 376 g/mol. The zero-order chi connectivity index (χ0) is 18.5. The fourth-order valence-electron chi connectivity index (χ4n) is 2.04. The van der Waals surface area contributed by atoms with Crippen LogP contribution in [0.3, 0.4) is 0 Å². The molecule has 3 aromatic heterocycles. The minimum Gasteiger partial charge on any atom is -0.484 e. The van der Waals surface area contributed by atoms with Gasteiger partial charge in [0.2, 0.25) is 0 Å². The maximum Gasteiger partial charge on any atom is 0.273 e. The smallest absolute Gasteiger partial charge is 0.273 e. The van der Waals surface area contributed by atoms with Gasteiger partial charge in [-0.1, -0.05) is 30.6 Å². The van der Waals surface area contributed by atoms with E-state index in [0.29, 0.717) is 29.0 Å². The third-order valence-corrected chi connectivity index (χ3v) is 4.75. The lowest BCUT2D eigenvalue weighted by atomic mass is 10.2. The lowest BCUT2D eigenvalue weighted by molar-refractivity contribution is 0.0941. The molecule has 136 valence electrons. The number of rotatable bonds is 7. The molecular formula is C17H17ClN4O3S. The number of amides is 1. The molecule has 3 heterocycles. The molecule has 0 aliphatic rings. The van der Waals surface area contributed by atoms with Crippen molar-refractivity contribution in [3.05, 3.63) is 57.1 Å². The summed E-state index contributed by atoms with van der Waals surface area (Å²) in [5, 5.41) is 10.0. The van der Waals surface area contributed by atoms with Crippen LogP contribution in [0.25, 0.3) is 0 Å². The highest BCUT2D eigenvalue weighted by Gasteiger charge is 2.14. The van der Waals surface area contributed by atoms with E-state index in [9.17, 15) is 4.79 Å². The zero-order valence-electron chi connectivity index (χ0n) is 14.2. The van der Waals surface area contributed by atoms with Crippen LogP contribution in [0.4, 0.5) is 0 Å². The highest BCUT2D eigenvalue weighted by molar-refractivity contribution is 7.09. The maximum atomic E-state index is 12.2. The van der Waals surface area contributed by atoms with Crippen LogP contribution >= 0.6 is 22.9 Å². The Morgan fingerprint density at radius 3 is 2.96 bits per heavy atom. The summed E-state index contributed by atoms with van der Waals surface area (Å²) in [6.45, 7) is 4.63. The largest absolute Gasteiger partial charge is 0.484 e. The van der Waals surface area contributed by atoms with Gasteiger partial charge < -0.3 is 14.6 Å². The average molecular weight is 393 g/mol. The molecule has 3 aromatic rings. The van der Waals surface area contributed by atoms with Gasteiger partial charge in [-0.25, -0.2) is 4.98 Å². The number of aromatic nitrogens is 3. The third-order valence-electron chi connectivity index (χ3n) is 3.35. The highest BCUT2D eigenvalue weighted by Crippen LogP contribution is 2.19. The molecule has 0 aliphatic heterocycles. The highest BCUT2D eigenvalue weighted by atomic mass is 35.5. The van der Waals surface area contributed by atoms with Crippen molar-refractivity contribution in [2.24, 2.45) is 0 Å². The van der Waals surface area contributed by atoms with Crippen molar-refractivity contribution in [1.29, 1.82) is 0 Å². The van der Waals surface area contributed by atoms with Gasteiger partial charge in [0, 0.05) is 29.6 Å². The average Bonchev–Trinajstić information content (AvgIpc) is 3.27. The van der Waals surface area contributed by atoms with Crippen LogP contribution in [0.2, 0.25) is 5.02 Å². The van der Waals surface area contributed by atoms with Crippen molar-refractivity contribution in [3.63, 3.8) is 0 Å². The summed E-state index contributed by atoms with van der Waals surface area (Å²) < 4.78 is 10.6. The predicted molar refractivity (Wildman–Crippen MR) is 97.5 cm³/mol. The van der Waals surface area contributed by atoms with Gasteiger partial charge in [0.25, 0.3) is 5.91 Å². The van der Waals surface area contributed by atoms with Gasteiger partial charge in [0.05, 0.1) is 28.5 Å². The minimum absolute atomic E-state index is 0.117. The molecule has 0 radical (unpaired) electrons. The minimum atomic E-state index is -0.330. The van der Waals surface area contributed by atoms with E-state index in [4.69, 9.17) is 20.9 Å². The number of hydrogen-bond donors (Lipinski definition) is 1. The lowest BCUT2D eigenvalue weighted by Crippen LogP contribution is -2.23. The summed E-state index contributed by atoms with van der Waals surface area (Å²) >= 11 is 7.43. The van der Waals surface area contributed by atoms with Gasteiger partial charge in [-0.05, 0) is 0 Å². The van der Waals surface area contributed by atoms with Crippen molar-refractivity contribution in [3.8, 4) is 5.75 Å². The number of carbonyl (C=O) groups is 1. The lowest BCUT2D eigenvalue weighted by Gasteiger charge is -2.02. The van der Waals surface area contributed by atoms with Gasteiger partial charge in [-0.15, -0.1) is 11.3 Å². The van der Waals surface area contributed by atoms with Crippen LogP contribution in [0, 0.1) is 0 Å². The number of ether oxygens (including phenoxy) is 1. The molecule has 26 heavy (non-hydrogen) atoms. The Morgan fingerprint density at radius 1 is 1.38 bits per heavy atom. The van der Waals surface area contributed by atoms with Crippen molar-refractivity contribution < 1.29 is 14.1 Å². The number of pyridine rings is 1. The summed E-state index contributed by atoms with van der Waals surface area (Å²) in [6, 6.07) is 3.17. The SMILES string of the molecule is CC(C)c1nc(CNC(=O)c2cc(COc3cncc(Cl)c3)on2)cs1. The summed E-state index contributed by atoms with van der Waals surface area (Å²) in [7, 11) is 0. The molecule has 0 saturated heterocycles. The van der Waals surface area contributed by atoms with Gasteiger partial charge in [0.15, 0.2) is 11.5 Å². The van der Waals surface area contributed by atoms with E-state index in [1.165, 1.54) is 18.5 Å². The number of hydrogen-bond acceptors (Lipinski definition) is 7. The van der Waals surface area contributed by atoms with Gasteiger partial charge in [-0.3, -0.25) is 9.78 Å². The van der Waals surface area contributed by atoms with Crippen LogP contribution in [-0.4, -0.2) is 21.0 Å². The Kier molecular flexibility index (Phi) is 5.85. The Balaban J connectivity index is 1.52. The van der Waals surface area contributed by atoms with E-state index in [2.05, 4.69) is 34.3 Å². The summed E-state index contributed by atoms with van der Waals surface area (Å²) in [5.41, 5.74) is 1.01. The van der Waals surface area contributed by atoms with Crippen molar-refractivity contribution >= 4 is 28.8 Å². The quantitative estimate of drug-likeness (QED) is 0.657. The van der Waals surface area contributed by atoms with E-state index in [1.54, 1.807) is 17.4 Å². The molecule has 0 aromatic carbocycles. The second-order valence-electron chi connectivity index (χ2n) is 5.82. The molecule has 0 bridgehead atoms. The monoisotopic (exact) mass is 392 g/mol. The fourth-order valence-corrected chi connectivity index (χ4v) is 3.04. The Labute approximate surface area is 159 Å². The van der Waals surface area contributed by atoms with Crippen LogP contribution in [0.5, 0.6) is 5.75 Å². The number of nitrogens with one attached hydrogen (secondary N) is 1. The molecule has 9 heteroatoms. The number of thiazole rings is 1. The van der Waals surface area contributed by atoms with E-state index in [1.807, 2.05) is 5.38 Å². The maximum absolute atomic E-state index is 12.2. The topological polar surface area (TPSA) is 90.1 Å². The second kappa shape index (κ2) is 8.29. The number of carbonyl (C=O) groups excluding carboxylic acids is 1. The summed E-state index contributed by atoms with van der Waals surface area (Å²) in [4.78, 5) is 20.6. The molecule has 1 N–H and O–H groups in total. The summed E-state index contributed by atoms with van der Waals surface area (Å²) in [6.07, 6.45) is 3.05. The molecule has 1 amide bonds. The normalized spacial score (nSPS) is 10.9. The number of halogens is 1. The molecule has 0 spiro atoms. The third kappa shape index (κ3) is 4.80. The van der Waals surface area contributed by atoms with Crippen molar-refractivity contribution in [1.82, 2.24) is 20.4 Å². The second-order valence-corrected chi connectivity index (χ2v) is 7.15. The molecule has 0 unspecified atom stereocenters. The first kappa shape index (κ1) is 18.3. The van der Waals surface area contributed by atoms with Crippen LogP contribution in [0.15, 0.2) is 34.4 Å². The van der Waals surface area contributed by atoms with E-state index < -0.39 is 0 Å². The van der Waals surface area contributed by atoms with Gasteiger partial charge in [0.1, 0.15) is 12.4 Å². The number of nitrogens with zero attached hydrogens (tertiary/aromatic N) is 3. The Morgan fingerprint density at radius 2 is 2.23 bits per heavy atom. The Hall–Kier alpha value is -2.45. The van der Waals surface area contributed by atoms with E-state index in [-0.39, 0.29) is 18.2 Å². The molecule has 7 nitrogen and oxygen atoms in total. The molecule has 0 fully saturated rings. The zero-order valence-corrected chi connectivity index (χ0v) is 15.8. The summed E-state index contributed by atoms with van der Waals surface area (Å²) in [5.74, 6) is 0.969. The molecule has 0 atom stereocenters.